The Morgan fingerprint density at radius 3 is 2.88 bits per heavy atom. The van der Waals surface area contributed by atoms with E-state index < -0.39 is 18.0 Å². The molecule has 0 bridgehead atoms. The maximum atomic E-state index is 11.9. The molecule has 1 N–H and O–H groups in total. The van der Waals surface area contributed by atoms with Crippen LogP contribution >= 0.6 is 0 Å². The normalized spacial score (nSPS) is 40.7. The lowest BCUT2D eigenvalue weighted by Gasteiger charge is -2.25. The third-order valence-corrected chi connectivity index (χ3v) is 3.77. The molecule has 0 saturated carbocycles. The van der Waals surface area contributed by atoms with Gasteiger partial charge in [-0.2, -0.15) is 0 Å². The van der Waals surface area contributed by atoms with Crippen molar-refractivity contribution < 1.29 is 19.4 Å². The van der Waals surface area contributed by atoms with Crippen molar-refractivity contribution in [1.82, 2.24) is 0 Å². The molecule has 0 unspecified atom stereocenters. The third kappa shape index (κ3) is 1.20. The van der Waals surface area contributed by atoms with E-state index in [2.05, 4.69) is 0 Å². The summed E-state index contributed by atoms with van der Waals surface area (Å²) in [6.45, 7) is 3.65. The van der Waals surface area contributed by atoms with E-state index in [1.807, 2.05) is 13.8 Å². The monoisotopic (exact) mass is 224 g/mol. The van der Waals surface area contributed by atoms with Crippen molar-refractivity contribution in [2.45, 2.75) is 51.1 Å². The molecule has 3 atom stereocenters. The van der Waals surface area contributed by atoms with Crippen LogP contribution in [-0.4, -0.2) is 28.9 Å². The summed E-state index contributed by atoms with van der Waals surface area (Å²) in [6.07, 6.45) is 1.09. The minimum Gasteiger partial charge on any atom is -0.468 e. The molecule has 0 radical (unpaired) electrons. The topological polar surface area (TPSA) is 55.8 Å². The second-order valence-electron chi connectivity index (χ2n) is 5.29. The van der Waals surface area contributed by atoms with Crippen LogP contribution in [-0.2, 0) is 14.3 Å². The van der Waals surface area contributed by atoms with Crippen LogP contribution in [0.1, 0.15) is 33.1 Å². The van der Waals surface area contributed by atoms with Gasteiger partial charge in [0.1, 0.15) is 5.76 Å². The number of allylic oxidation sites excluding steroid dienone is 1. The Kier molecular flexibility index (Phi) is 1.98. The van der Waals surface area contributed by atoms with Gasteiger partial charge in [0.05, 0.1) is 17.6 Å². The molecule has 16 heavy (non-hydrogen) atoms. The van der Waals surface area contributed by atoms with E-state index in [1.54, 1.807) is 0 Å². The Hall–Kier alpha value is -0.870. The zero-order chi connectivity index (χ0) is 11.5. The van der Waals surface area contributed by atoms with E-state index >= 15 is 0 Å². The molecule has 1 saturated heterocycles. The van der Waals surface area contributed by atoms with Crippen LogP contribution in [0.2, 0.25) is 0 Å². The van der Waals surface area contributed by atoms with Gasteiger partial charge in [-0.25, -0.2) is 0 Å². The van der Waals surface area contributed by atoms with E-state index in [4.69, 9.17) is 9.47 Å². The molecule has 2 aliphatic heterocycles. The molecule has 1 fully saturated rings. The van der Waals surface area contributed by atoms with E-state index in [0.29, 0.717) is 12.0 Å². The second kappa shape index (κ2) is 3.08. The maximum absolute atomic E-state index is 11.9. The van der Waals surface area contributed by atoms with Gasteiger partial charge in [0.25, 0.3) is 0 Å². The van der Waals surface area contributed by atoms with Crippen molar-refractivity contribution >= 4 is 5.78 Å². The van der Waals surface area contributed by atoms with Gasteiger partial charge in [0.2, 0.25) is 6.29 Å². The van der Waals surface area contributed by atoms with Crippen LogP contribution in [0, 0.1) is 5.92 Å². The molecule has 0 aromatic rings. The van der Waals surface area contributed by atoms with Crippen LogP contribution in [0.4, 0.5) is 0 Å². The Balaban J connectivity index is 1.99. The summed E-state index contributed by atoms with van der Waals surface area (Å²) in [5.41, 5.74) is 0.0558. The number of rotatable bonds is 0. The molecular weight excluding hydrogens is 208 g/mol. The van der Waals surface area contributed by atoms with Crippen LogP contribution in [0.15, 0.2) is 11.3 Å². The predicted molar refractivity (Wildman–Crippen MR) is 55.4 cm³/mol. The van der Waals surface area contributed by atoms with E-state index in [-0.39, 0.29) is 11.7 Å². The fourth-order valence-electron chi connectivity index (χ4n) is 2.88. The van der Waals surface area contributed by atoms with Crippen molar-refractivity contribution in [3.8, 4) is 0 Å². The predicted octanol–water partition coefficient (Wildman–Crippen LogP) is 1.14. The van der Waals surface area contributed by atoms with Gasteiger partial charge < -0.3 is 14.6 Å². The first-order valence-corrected chi connectivity index (χ1v) is 5.79. The van der Waals surface area contributed by atoms with E-state index in [9.17, 15) is 9.90 Å². The average molecular weight is 224 g/mol. The van der Waals surface area contributed by atoms with Gasteiger partial charge in [0, 0.05) is 18.4 Å². The Labute approximate surface area is 94.2 Å². The van der Waals surface area contributed by atoms with Crippen LogP contribution in [0.5, 0.6) is 0 Å². The highest BCUT2D eigenvalue weighted by molar-refractivity contribution is 5.97. The Morgan fingerprint density at radius 1 is 1.38 bits per heavy atom. The minimum atomic E-state index is -0.660. The standard InChI is InChI=1S/C12H16O4/c1-12(2)10(14)9-8-6(13)4-3-5-7(8)15-11(9)16-12/h9-11,14H,3-5H2,1-2H3/t9-,10+,11-/m0/s1. The van der Waals surface area contributed by atoms with Crippen LogP contribution < -0.4 is 0 Å². The lowest BCUT2D eigenvalue weighted by molar-refractivity contribution is -0.144. The lowest BCUT2D eigenvalue weighted by atomic mass is 9.82. The molecule has 4 heteroatoms. The number of Topliss-reactive ketones (excluding diaryl/α,β-unsaturated/α-hetero) is 1. The van der Waals surface area contributed by atoms with Crippen molar-refractivity contribution in [1.29, 1.82) is 0 Å². The minimum absolute atomic E-state index is 0.120. The molecule has 0 spiro atoms. The maximum Gasteiger partial charge on any atom is 0.209 e. The zero-order valence-corrected chi connectivity index (χ0v) is 9.53. The molecule has 4 nitrogen and oxygen atoms in total. The summed E-state index contributed by atoms with van der Waals surface area (Å²) in [7, 11) is 0. The van der Waals surface area contributed by atoms with Crippen molar-refractivity contribution in [2.75, 3.05) is 0 Å². The number of ketones is 1. The van der Waals surface area contributed by atoms with Gasteiger partial charge >= 0.3 is 0 Å². The molecule has 0 amide bonds. The number of carbonyl (C=O) groups is 1. The summed E-state index contributed by atoms with van der Waals surface area (Å²) < 4.78 is 11.3. The van der Waals surface area contributed by atoms with Gasteiger partial charge in [-0.1, -0.05) is 0 Å². The van der Waals surface area contributed by atoms with Gasteiger partial charge in [-0.05, 0) is 20.3 Å². The number of aliphatic hydroxyl groups excluding tert-OH is 1. The highest BCUT2D eigenvalue weighted by Crippen LogP contribution is 2.48. The number of ether oxygens (including phenoxy) is 2. The average Bonchev–Trinajstić information content (AvgIpc) is 2.63. The Bertz CT molecular complexity index is 382. The number of hydrogen-bond donors (Lipinski definition) is 1. The quantitative estimate of drug-likeness (QED) is 0.670. The van der Waals surface area contributed by atoms with Crippen molar-refractivity contribution in [3.05, 3.63) is 11.3 Å². The zero-order valence-electron chi connectivity index (χ0n) is 9.53. The van der Waals surface area contributed by atoms with Gasteiger partial charge in [-0.3, -0.25) is 4.79 Å². The molecule has 2 heterocycles. The van der Waals surface area contributed by atoms with Crippen molar-refractivity contribution in [2.24, 2.45) is 5.92 Å². The largest absolute Gasteiger partial charge is 0.468 e. The van der Waals surface area contributed by atoms with E-state index in [1.165, 1.54) is 0 Å². The molecule has 0 aromatic carbocycles. The summed E-state index contributed by atoms with van der Waals surface area (Å²) in [6, 6.07) is 0. The van der Waals surface area contributed by atoms with Crippen LogP contribution in [0.25, 0.3) is 0 Å². The number of fused-ring (bicyclic) bond motifs is 2. The van der Waals surface area contributed by atoms with E-state index in [0.717, 1.165) is 18.6 Å². The van der Waals surface area contributed by atoms with Crippen LogP contribution in [0.3, 0.4) is 0 Å². The smallest absolute Gasteiger partial charge is 0.209 e. The fourth-order valence-corrected chi connectivity index (χ4v) is 2.88. The first-order chi connectivity index (χ1) is 7.50. The summed E-state index contributed by atoms with van der Waals surface area (Å²) in [5.74, 6) is 0.590. The summed E-state index contributed by atoms with van der Waals surface area (Å²) in [4.78, 5) is 11.9. The lowest BCUT2D eigenvalue weighted by Crippen LogP contribution is -2.37. The summed E-state index contributed by atoms with van der Waals surface area (Å²) in [5, 5.41) is 10.2. The first kappa shape index (κ1) is 10.3. The molecule has 3 aliphatic rings. The molecule has 1 aliphatic carbocycles. The molecule has 0 aromatic heterocycles. The fraction of sp³-hybridized carbons (Fsp3) is 0.750. The number of hydrogen-bond acceptors (Lipinski definition) is 4. The molecular formula is C12H16O4. The highest BCUT2D eigenvalue weighted by Gasteiger charge is 2.57. The molecule has 3 rings (SSSR count). The van der Waals surface area contributed by atoms with Crippen molar-refractivity contribution in [3.63, 3.8) is 0 Å². The SMILES string of the molecule is CC1(C)O[C@@H]2OC3=C(C(=O)CCC3)[C@H]2[C@H]1O. The molecule has 88 valence electrons. The summed E-state index contributed by atoms with van der Waals surface area (Å²) >= 11 is 0. The third-order valence-electron chi connectivity index (χ3n) is 3.77. The number of aliphatic hydroxyl groups is 1. The number of carbonyl (C=O) groups excluding carboxylic acids is 1. The second-order valence-corrected chi connectivity index (χ2v) is 5.29. The van der Waals surface area contributed by atoms with Gasteiger partial charge in [-0.15, -0.1) is 0 Å². The van der Waals surface area contributed by atoms with Gasteiger partial charge in [0.15, 0.2) is 5.78 Å². The Morgan fingerprint density at radius 2 is 2.12 bits per heavy atom. The first-order valence-electron chi connectivity index (χ1n) is 5.79. The highest BCUT2D eigenvalue weighted by atomic mass is 16.7.